The largest absolute Gasteiger partial charge is 0.389 e. The van der Waals surface area contributed by atoms with Crippen LogP contribution in [0.1, 0.15) is 42.8 Å². The number of rotatable bonds is 4. The molecular weight excluding hydrogens is 220 g/mol. The summed E-state index contributed by atoms with van der Waals surface area (Å²) in [6.45, 7) is 3.49. The Labute approximate surface area is 101 Å². The van der Waals surface area contributed by atoms with Crippen LogP contribution in [0.15, 0.2) is 5.38 Å². The molecule has 0 unspecified atom stereocenters. The Kier molecular flexibility index (Phi) is 3.95. The van der Waals surface area contributed by atoms with Crippen molar-refractivity contribution >= 4 is 11.3 Å². The van der Waals surface area contributed by atoms with Crippen LogP contribution in [0.3, 0.4) is 0 Å². The molecule has 1 aliphatic carbocycles. The molecule has 0 radical (unpaired) electrons. The van der Waals surface area contributed by atoms with Crippen molar-refractivity contribution in [2.75, 3.05) is 6.54 Å². The average Bonchev–Trinajstić information content (AvgIpc) is 2.65. The Balaban J connectivity index is 1.74. The van der Waals surface area contributed by atoms with Gasteiger partial charge in [-0.2, -0.15) is 0 Å². The predicted octanol–water partition coefficient (Wildman–Crippen LogP) is 2.24. The molecule has 1 aromatic heterocycles. The number of aliphatic hydroxyl groups is 1. The van der Waals surface area contributed by atoms with Crippen molar-refractivity contribution in [1.29, 1.82) is 0 Å². The van der Waals surface area contributed by atoms with E-state index in [9.17, 15) is 5.11 Å². The van der Waals surface area contributed by atoms with Crippen LogP contribution in [0.5, 0.6) is 0 Å². The van der Waals surface area contributed by atoms with E-state index in [-0.39, 0.29) is 0 Å². The fourth-order valence-corrected chi connectivity index (χ4v) is 3.01. The molecule has 0 saturated heterocycles. The number of thiazole rings is 1. The highest BCUT2D eigenvalue weighted by Gasteiger charge is 2.28. The van der Waals surface area contributed by atoms with Crippen molar-refractivity contribution in [3.63, 3.8) is 0 Å². The quantitative estimate of drug-likeness (QED) is 0.848. The first kappa shape index (κ1) is 12.0. The van der Waals surface area contributed by atoms with Crippen molar-refractivity contribution in [1.82, 2.24) is 10.3 Å². The van der Waals surface area contributed by atoms with E-state index in [1.165, 1.54) is 6.42 Å². The molecule has 1 heterocycles. The van der Waals surface area contributed by atoms with Gasteiger partial charge in [-0.25, -0.2) is 4.98 Å². The van der Waals surface area contributed by atoms with Gasteiger partial charge in [-0.1, -0.05) is 19.3 Å². The first-order chi connectivity index (χ1) is 7.68. The molecule has 90 valence electrons. The van der Waals surface area contributed by atoms with Crippen LogP contribution in [0.25, 0.3) is 0 Å². The van der Waals surface area contributed by atoms with E-state index in [4.69, 9.17) is 0 Å². The second-order valence-electron chi connectivity index (χ2n) is 4.77. The van der Waals surface area contributed by atoms with Gasteiger partial charge in [0, 0.05) is 24.2 Å². The molecule has 0 aromatic carbocycles. The molecule has 1 aliphatic rings. The summed E-state index contributed by atoms with van der Waals surface area (Å²) in [5.74, 6) is 0. The summed E-state index contributed by atoms with van der Waals surface area (Å²) in [7, 11) is 0. The van der Waals surface area contributed by atoms with Gasteiger partial charge in [-0.05, 0) is 19.8 Å². The third-order valence-electron chi connectivity index (χ3n) is 3.18. The third-order valence-corrected chi connectivity index (χ3v) is 4.15. The van der Waals surface area contributed by atoms with E-state index >= 15 is 0 Å². The van der Waals surface area contributed by atoms with Gasteiger partial charge >= 0.3 is 0 Å². The predicted molar refractivity (Wildman–Crippen MR) is 66.6 cm³/mol. The summed E-state index contributed by atoms with van der Waals surface area (Å²) in [5, 5.41) is 16.8. The fraction of sp³-hybridized carbons (Fsp3) is 0.750. The summed E-state index contributed by atoms with van der Waals surface area (Å²) in [5.41, 5.74) is 0.614. The summed E-state index contributed by atoms with van der Waals surface area (Å²) in [6, 6.07) is 0. The molecule has 4 heteroatoms. The molecule has 2 rings (SSSR count). The van der Waals surface area contributed by atoms with E-state index in [1.54, 1.807) is 11.3 Å². The van der Waals surface area contributed by atoms with Crippen molar-refractivity contribution in [2.45, 2.75) is 51.2 Å². The van der Waals surface area contributed by atoms with E-state index in [1.807, 2.05) is 6.92 Å². The lowest BCUT2D eigenvalue weighted by molar-refractivity contribution is 0.00467. The van der Waals surface area contributed by atoms with Crippen LogP contribution in [0.2, 0.25) is 0 Å². The van der Waals surface area contributed by atoms with Crippen LogP contribution in [-0.4, -0.2) is 22.2 Å². The van der Waals surface area contributed by atoms with Crippen LogP contribution in [0.4, 0.5) is 0 Å². The van der Waals surface area contributed by atoms with E-state index in [0.29, 0.717) is 6.54 Å². The van der Waals surface area contributed by atoms with Gasteiger partial charge < -0.3 is 10.4 Å². The maximum absolute atomic E-state index is 10.3. The summed E-state index contributed by atoms with van der Waals surface area (Å²) < 4.78 is 0. The molecule has 1 aromatic rings. The number of hydrogen-bond acceptors (Lipinski definition) is 4. The topological polar surface area (TPSA) is 45.1 Å². The number of aryl methyl sites for hydroxylation is 1. The second kappa shape index (κ2) is 5.25. The zero-order chi connectivity index (χ0) is 11.4. The maximum Gasteiger partial charge on any atom is 0.107 e. The van der Waals surface area contributed by atoms with Gasteiger partial charge in [0.2, 0.25) is 0 Å². The molecule has 0 atom stereocenters. The van der Waals surface area contributed by atoms with Gasteiger partial charge in [0.1, 0.15) is 5.01 Å². The number of nitrogens with one attached hydrogen (secondary N) is 1. The molecule has 0 amide bonds. The van der Waals surface area contributed by atoms with Crippen molar-refractivity contribution in [2.24, 2.45) is 0 Å². The molecule has 16 heavy (non-hydrogen) atoms. The zero-order valence-corrected chi connectivity index (χ0v) is 10.6. The van der Waals surface area contributed by atoms with Crippen molar-refractivity contribution in [3.05, 3.63) is 16.1 Å². The Hall–Kier alpha value is -0.450. The third kappa shape index (κ3) is 3.27. The van der Waals surface area contributed by atoms with Gasteiger partial charge in [-0.15, -0.1) is 11.3 Å². The molecule has 0 spiro atoms. The Bertz CT molecular complexity index is 332. The minimum absolute atomic E-state index is 0.468. The number of aromatic nitrogens is 1. The molecule has 0 aliphatic heterocycles. The van der Waals surface area contributed by atoms with Crippen molar-refractivity contribution < 1.29 is 5.11 Å². The SMILES string of the molecule is Cc1csc(CNCC2(O)CCCCC2)n1. The maximum atomic E-state index is 10.3. The average molecular weight is 240 g/mol. The Morgan fingerprint density at radius 3 is 2.81 bits per heavy atom. The first-order valence-electron chi connectivity index (χ1n) is 6.02. The monoisotopic (exact) mass is 240 g/mol. The van der Waals surface area contributed by atoms with Crippen molar-refractivity contribution in [3.8, 4) is 0 Å². The minimum Gasteiger partial charge on any atom is -0.389 e. The minimum atomic E-state index is -0.468. The standard InChI is InChI=1S/C12H20N2OS/c1-10-8-16-11(14-10)7-13-9-12(15)5-3-2-4-6-12/h8,13,15H,2-7,9H2,1H3. The molecule has 2 N–H and O–H groups in total. The lowest BCUT2D eigenvalue weighted by atomic mass is 9.85. The number of hydrogen-bond donors (Lipinski definition) is 2. The number of nitrogens with zero attached hydrogens (tertiary/aromatic N) is 1. The van der Waals surface area contributed by atoms with Gasteiger partial charge in [0.05, 0.1) is 5.60 Å². The molecule has 1 fully saturated rings. The van der Waals surface area contributed by atoms with Gasteiger partial charge in [0.15, 0.2) is 0 Å². The van der Waals surface area contributed by atoms with Crippen LogP contribution in [0, 0.1) is 6.92 Å². The van der Waals surface area contributed by atoms with Crippen LogP contribution < -0.4 is 5.32 Å². The molecule has 0 bridgehead atoms. The van der Waals surface area contributed by atoms with E-state index in [2.05, 4.69) is 15.7 Å². The molecular formula is C12H20N2OS. The Morgan fingerprint density at radius 1 is 1.44 bits per heavy atom. The highest BCUT2D eigenvalue weighted by Crippen LogP contribution is 2.27. The van der Waals surface area contributed by atoms with E-state index in [0.717, 1.165) is 42.9 Å². The Morgan fingerprint density at radius 2 is 2.19 bits per heavy atom. The molecule has 1 saturated carbocycles. The smallest absolute Gasteiger partial charge is 0.107 e. The summed E-state index contributed by atoms with van der Waals surface area (Å²) >= 11 is 1.68. The summed E-state index contributed by atoms with van der Waals surface area (Å²) in [6.07, 6.45) is 5.48. The summed E-state index contributed by atoms with van der Waals surface area (Å²) in [4.78, 5) is 4.39. The van der Waals surface area contributed by atoms with E-state index < -0.39 is 5.60 Å². The lowest BCUT2D eigenvalue weighted by Crippen LogP contribution is -2.41. The molecule has 3 nitrogen and oxygen atoms in total. The van der Waals surface area contributed by atoms with Crippen LogP contribution >= 0.6 is 11.3 Å². The lowest BCUT2D eigenvalue weighted by Gasteiger charge is -2.32. The highest BCUT2D eigenvalue weighted by molar-refractivity contribution is 7.09. The first-order valence-corrected chi connectivity index (χ1v) is 6.90. The highest BCUT2D eigenvalue weighted by atomic mass is 32.1. The fourth-order valence-electron chi connectivity index (χ4n) is 2.27. The van der Waals surface area contributed by atoms with Crippen LogP contribution in [-0.2, 0) is 6.54 Å². The second-order valence-corrected chi connectivity index (χ2v) is 5.71. The normalized spacial score (nSPS) is 19.9. The van der Waals surface area contributed by atoms with Gasteiger partial charge in [-0.3, -0.25) is 0 Å². The van der Waals surface area contributed by atoms with Gasteiger partial charge in [0.25, 0.3) is 0 Å². The zero-order valence-electron chi connectivity index (χ0n) is 9.83.